The van der Waals surface area contributed by atoms with Crippen LogP contribution in [0.5, 0.6) is 0 Å². The molecule has 1 aromatic heterocycles. The van der Waals surface area contributed by atoms with E-state index in [9.17, 15) is 19.1 Å². The second-order valence-corrected chi connectivity index (χ2v) is 7.11. The third kappa shape index (κ3) is 3.40. The molecular weight excluding hydrogens is 303 g/mol. The fraction of sp³-hybridized carbons (Fsp3) is 0.400. The predicted octanol–water partition coefficient (Wildman–Crippen LogP) is 1.93. The van der Waals surface area contributed by atoms with Gasteiger partial charge >= 0.3 is 7.60 Å². The maximum absolute atomic E-state index is 12.5. The van der Waals surface area contributed by atoms with Crippen LogP contribution in [0.1, 0.15) is 36.6 Å². The molecule has 0 atom stereocenters. The molecular formula is C15H21N2O4P. The van der Waals surface area contributed by atoms with E-state index in [1.54, 1.807) is 12.1 Å². The van der Waals surface area contributed by atoms with E-state index in [0.29, 0.717) is 17.8 Å². The first kappa shape index (κ1) is 16.7. The predicted molar refractivity (Wildman–Crippen MR) is 86.2 cm³/mol. The Kier molecular flexibility index (Phi) is 4.75. The number of hydrogen-bond donors (Lipinski definition) is 3. The van der Waals surface area contributed by atoms with E-state index in [-0.39, 0.29) is 0 Å². The molecule has 0 spiro atoms. The minimum Gasteiger partial charge on any atom is -0.321 e. The number of unbranched alkanes of at least 4 members (excludes halogenated alkanes) is 1. The maximum atomic E-state index is 12.5. The Morgan fingerprint density at radius 3 is 2.27 bits per heavy atom. The largest absolute Gasteiger partial charge is 0.363 e. The molecule has 0 aliphatic carbocycles. The van der Waals surface area contributed by atoms with Gasteiger partial charge in [0, 0.05) is 0 Å². The third-order valence-corrected chi connectivity index (χ3v) is 4.52. The third-order valence-electron chi connectivity index (χ3n) is 3.47. The van der Waals surface area contributed by atoms with Crippen molar-refractivity contribution in [3.63, 3.8) is 0 Å². The van der Waals surface area contributed by atoms with E-state index in [1.807, 2.05) is 26.8 Å². The first-order chi connectivity index (χ1) is 10.2. The maximum Gasteiger partial charge on any atom is 0.363 e. The van der Waals surface area contributed by atoms with Crippen molar-refractivity contribution >= 4 is 12.9 Å². The number of aromatic nitrogens is 2. The van der Waals surface area contributed by atoms with Crippen LogP contribution >= 0.6 is 7.60 Å². The molecule has 0 amide bonds. The zero-order chi connectivity index (χ0) is 16.5. The lowest BCUT2D eigenvalue weighted by molar-refractivity contribution is 0.387. The lowest BCUT2D eigenvalue weighted by atomic mass is 10.1. The number of aromatic amines is 1. The number of hydrogen-bond acceptors (Lipinski definition) is 2. The van der Waals surface area contributed by atoms with Gasteiger partial charge in [-0.2, -0.15) is 0 Å². The number of nitrogens with one attached hydrogen (secondary N) is 1. The van der Waals surface area contributed by atoms with E-state index in [2.05, 4.69) is 5.10 Å². The Labute approximate surface area is 128 Å². The Hall–Kier alpha value is -1.62. The SMILES string of the molecule is CCCCc1[nH]n(-c2cc(C)cc(C)c2)c(=O)c1P(=O)(O)O. The Morgan fingerprint density at radius 1 is 1.18 bits per heavy atom. The number of benzene rings is 1. The van der Waals surface area contributed by atoms with Gasteiger partial charge in [-0.25, -0.2) is 4.68 Å². The first-order valence-electron chi connectivity index (χ1n) is 7.22. The average Bonchev–Trinajstić information content (AvgIpc) is 2.72. The fourth-order valence-corrected chi connectivity index (χ4v) is 3.43. The molecule has 2 aromatic rings. The summed E-state index contributed by atoms with van der Waals surface area (Å²) in [5.41, 5.74) is 2.18. The van der Waals surface area contributed by atoms with Crippen LogP contribution in [0.4, 0.5) is 0 Å². The zero-order valence-corrected chi connectivity index (χ0v) is 13.9. The van der Waals surface area contributed by atoms with Gasteiger partial charge in [0.15, 0.2) is 5.30 Å². The van der Waals surface area contributed by atoms with E-state index in [4.69, 9.17) is 0 Å². The minimum atomic E-state index is -4.62. The monoisotopic (exact) mass is 324 g/mol. The van der Waals surface area contributed by atoms with Gasteiger partial charge in [0.05, 0.1) is 11.4 Å². The van der Waals surface area contributed by atoms with Crippen LogP contribution in [0.25, 0.3) is 5.69 Å². The van der Waals surface area contributed by atoms with Crippen LogP contribution in [-0.4, -0.2) is 19.6 Å². The summed E-state index contributed by atoms with van der Waals surface area (Å²) >= 11 is 0. The van der Waals surface area contributed by atoms with Gasteiger partial charge < -0.3 is 9.79 Å². The molecule has 22 heavy (non-hydrogen) atoms. The summed E-state index contributed by atoms with van der Waals surface area (Å²) in [5, 5.41) is 2.46. The highest BCUT2D eigenvalue weighted by molar-refractivity contribution is 7.60. The fourth-order valence-electron chi connectivity index (χ4n) is 2.56. The molecule has 0 radical (unpaired) electrons. The zero-order valence-electron chi connectivity index (χ0n) is 13.0. The molecule has 0 fully saturated rings. The van der Waals surface area contributed by atoms with E-state index >= 15 is 0 Å². The van der Waals surface area contributed by atoms with Crippen LogP contribution in [0.15, 0.2) is 23.0 Å². The summed E-state index contributed by atoms with van der Waals surface area (Å²) in [6.07, 6.45) is 2.06. The lowest BCUT2D eigenvalue weighted by Gasteiger charge is -2.05. The molecule has 2 rings (SSSR count). The van der Waals surface area contributed by atoms with Crippen molar-refractivity contribution in [3.8, 4) is 5.69 Å². The summed E-state index contributed by atoms with van der Waals surface area (Å²) in [7, 11) is -4.62. The molecule has 0 saturated carbocycles. The highest BCUT2D eigenvalue weighted by Crippen LogP contribution is 2.33. The van der Waals surface area contributed by atoms with Crippen LogP contribution < -0.4 is 10.9 Å². The Bertz CT molecular complexity index is 765. The second kappa shape index (κ2) is 6.24. The van der Waals surface area contributed by atoms with Gasteiger partial charge in [0.25, 0.3) is 5.56 Å². The minimum absolute atomic E-state index is 0.319. The second-order valence-electron chi connectivity index (χ2n) is 5.57. The van der Waals surface area contributed by atoms with E-state index < -0.39 is 18.5 Å². The van der Waals surface area contributed by atoms with Crippen molar-refractivity contribution in [3.05, 3.63) is 45.4 Å². The highest BCUT2D eigenvalue weighted by Gasteiger charge is 2.29. The number of H-pyrrole nitrogens is 1. The van der Waals surface area contributed by atoms with Crippen molar-refractivity contribution in [2.75, 3.05) is 0 Å². The first-order valence-corrected chi connectivity index (χ1v) is 8.84. The molecule has 120 valence electrons. The molecule has 0 saturated heterocycles. The number of nitrogens with zero attached hydrogens (tertiary/aromatic N) is 1. The van der Waals surface area contributed by atoms with Crippen LogP contribution in [-0.2, 0) is 11.0 Å². The van der Waals surface area contributed by atoms with Gasteiger partial charge in [-0.05, 0) is 49.9 Å². The van der Waals surface area contributed by atoms with Gasteiger partial charge in [0.1, 0.15) is 0 Å². The summed E-state index contributed by atoms with van der Waals surface area (Å²) in [6, 6.07) is 5.58. The van der Waals surface area contributed by atoms with Crippen LogP contribution in [0, 0.1) is 13.8 Å². The van der Waals surface area contributed by atoms with Gasteiger partial charge in [-0.3, -0.25) is 14.5 Å². The molecule has 0 bridgehead atoms. The summed E-state index contributed by atoms with van der Waals surface area (Å²) in [6.45, 7) is 5.80. The van der Waals surface area contributed by atoms with E-state index in [1.165, 1.54) is 4.68 Å². The Balaban J connectivity index is 2.65. The average molecular weight is 324 g/mol. The molecule has 0 aliphatic rings. The van der Waals surface area contributed by atoms with Gasteiger partial charge in [0.2, 0.25) is 0 Å². The smallest absolute Gasteiger partial charge is 0.321 e. The normalized spacial score (nSPS) is 11.9. The number of aryl methyl sites for hydroxylation is 3. The summed E-state index contributed by atoms with van der Waals surface area (Å²) in [4.78, 5) is 31.5. The van der Waals surface area contributed by atoms with Crippen molar-refractivity contribution in [2.45, 2.75) is 40.0 Å². The lowest BCUT2D eigenvalue weighted by Crippen LogP contribution is -2.28. The molecule has 0 aliphatic heterocycles. The molecule has 0 unspecified atom stereocenters. The molecule has 3 N–H and O–H groups in total. The highest BCUT2D eigenvalue weighted by atomic mass is 31.2. The van der Waals surface area contributed by atoms with E-state index in [0.717, 1.165) is 24.0 Å². The van der Waals surface area contributed by atoms with Crippen molar-refractivity contribution in [2.24, 2.45) is 0 Å². The summed E-state index contributed by atoms with van der Waals surface area (Å²) < 4.78 is 12.9. The van der Waals surface area contributed by atoms with Crippen molar-refractivity contribution in [1.29, 1.82) is 0 Å². The molecule has 1 heterocycles. The van der Waals surface area contributed by atoms with Crippen LogP contribution in [0.3, 0.4) is 0 Å². The van der Waals surface area contributed by atoms with Crippen LogP contribution in [0.2, 0.25) is 0 Å². The molecule has 6 nitrogen and oxygen atoms in total. The molecule has 7 heteroatoms. The van der Waals surface area contributed by atoms with Gasteiger partial charge in [-0.15, -0.1) is 0 Å². The summed E-state index contributed by atoms with van der Waals surface area (Å²) in [5.74, 6) is 0. The van der Waals surface area contributed by atoms with Crippen molar-refractivity contribution in [1.82, 2.24) is 9.78 Å². The quantitative estimate of drug-likeness (QED) is 0.732. The molecule has 1 aromatic carbocycles. The van der Waals surface area contributed by atoms with Crippen molar-refractivity contribution < 1.29 is 14.4 Å². The number of rotatable bonds is 5. The standard InChI is InChI=1S/C15H21N2O4P/c1-4-5-6-13-14(22(19,20)21)15(18)17(16-13)12-8-10(2)7-11(3)9-12/h7-9,16H,4-6H2,1-3H3,(H2,19,20,21). The van der Waals surface area contributed by atoms with Gasteiger partial charge in [-0.1, -0.05) is 19.4 Å². The Morgan fingerprint density at radius 2 is 1.77 bits per heavy atom. The topological polar surface area (TPSA) is 95.3 Å².